The molecule has 1 aliphatic rings. The summed E-state index contributed by atoms with van der Waals surface area (Å²) in [5, 5.41) is 2.97. The second-order valence-corrected chi connectivity index (χ2v) is 7.29. The van der Waals surface area contributed by atoms with E-state index in [1.165, 1.54) is 12.3 Å². The number of guanidine groups is 1. The molecule has 0 bridgehead atoms. The van der Waals surface area contributed by atoms with Crippen molar-refractivity contribution >= 4 is 57.5 Å². The minimum atomic E-state index is -0.261. The lowest BCUT2D eigenvalue weighted by molar-refractivity contribution is 0.355. The second kappa shape index (κ2) is 7.23. The number of aryl methyl sites for hydroxylation is 1. The van der Waals surface area contributed by atoms with E-state index in [4.69, 9.17) is 34.8 Å². The fourth-order valence-corrected chi connectivity index (χ4v) is 3.79. The van der Waals surface area contributed by atoms with Gasteiger partial charge in [0.25, 0.3) is 0 Å². The van der Waals surface area contributed by atoms with Crippen LogP contribution in [0.1, 0.15) is 5.69 Å². The van der Waals surface area contributed by atoms with Crippen molar-refractivity contribution in [1.82, 2.24) is 31.1 Å². The number of pyridine rings is 2. The quantitative estimate of drug-likeness (QED) is 0.570. The Kier molecular flexibility index (Phi) is 4.90. The van der Waals surface area contributed by atoms with E-state index in [9.17, 15) is 4.79 Å². The lowest BCUT2D eigenvalue weighted by Crippen LogP contribution is -2.34. The number of aromatic nitrogens is 2. The zero-order valence-electron chi connectivity index (χ0n) is 14.7. The number of benzene rings is 1. The molecular formula is C17H14Cl3N7O. The van der Waals surface area contributed by atoms with Gasteiger partial charge in [0.1, 0.15) is 0 Å². The van der Waals surface area contributed by atoms with Gasteiger partial charge >= 0.3 is 0 Å². The zero-order chi connectivity index (χ0) is 20.0. The number of hydrazine groups is 3. The van der Waals surface area contributed by atoms with Gasteiger partial charge in [0.2, 0.25) is 5.96 Å². The molecule has 0 unspecified atom stereocenters. The van der Waals surface area contributed by atoms with Crippen LogP contribution in [0.25, 0.3) is 16.6 Å². The Hall–Kier alpha value is -2.36. The molecule has 4 rings (SSSR count). The molecule has 0 radical (unpaired) electrons. The van der Waals surface area contributed by atoms with E-state index in [1.807, 2.05) is 0 Å². The van der Waals surface area contributed by atoms with Crippen LogP contribution in [0.5, 0.6) is 0 Å². The van der Waals surface area contributed by atoms with E-state index in [1.54, 1.807) is 41.7 Å². The highest BCUT2D eigenvalue weighted by atomic mass is 35.5. The summed E-state index contributed by atoms with van der Waals surface area (Å²) in [7, 11) is 1.75. The van der Waals surface area contributed by atoms with Crippen LogP contribution >= 0.6 is 34.8 Å². The molecule has 1 aromatic carbocycles. The average molecular weight is 439 g/mol. The van der Waals surface area contributed by atoms with Crippen LogP contribution in [0.15, 0.2) is 40.2 Å². The van der Waals surface area contributed by atoms with Gasteiger partial charge in [0, 0.05) is 18.8 Å². The van der Waals surface area contributed by atoms with Crippen molar-refractivity contribution in [1.29, 1.82) is 0 Å². The molecular weight excluding hydrogens is 425 g/mol. The standard InChI is InChI=1S/C17H14Cl3N7O/c1-8-6-12(28)13-15(27(8)14-9(18)4-3-5-10(14)19)11(20)7-21-16(13)22-17-23-24-25-26(17)2/h3-7,24-25H,1-2H3,(H,21,22,23). The maximum absolute atomic E-state index is 12.9. The van der Waals surface area contributed by atoms with Crippen molar-refractivity contribution in [3.63, 3.8) is 0 Å². The van der Waals surface area contributed by atoms with Gasteiger partial charge in [0.05, 0.1) is 37.9 Å². The Morgan fingerprint density at radius 2 is 1.86 bits per heavy atom. The van der Waals surface area contributed by atoms with Crippen LogP contribution < -0.4 is 21.9 Å². The molecule has 1 aliphatic heterocycles. The maximum atomic E-state index is 12.9. The van der Waals surface area contributed by atoms with Crippen molar-refractivity contribution in [3.8, 4) is 5.69 Å². The Balaban J connectivity index is 2.11. The molecule has 0 spiro atoms. The monoisotopic (exact) mass is 437 g/mol. The molecule has 144 valence electrons. The number of aliphatic imine (C=N–C) groups is 1. The Morgan fingerprint density at radius 1 is 1.14 bits per heavy atom. The van der Waals surface area contributed by atoms with E-state index in [0.717, 1.165) is 0 Å². The number of rotatable bonds is 2. The van der Waals surface area contributed by atoms with E-state index < -0.39 is 0 Å². The largest absolute Gasteiger partial charge is 0.309 e. The van der Waals surface area contributed by atoms with Gasteiger partial charge in [-0.2, -0.15) is 10.5 Å². The summed E-state index contributed by atoms with van der Waals surface area (Å²) in [5.41, 5.74) is 9.63. The molecule has 28 heavy (non-hydrogen) atoms. The fraction of sp³-hybridized carbons (Fsp3) is 0.118. The van der Waals surface area contributed by atoms with Crippen molar-refractivity contribution in [2.75, 3.05) is 7.05 Å². The number of hydrogen-bond acceptors (Lipinski definition) is 5. The molecule has 8 nitrogen and oxygen atoms in total. The van der Waals surface area contributed by atoms with Gasteiger partial charge in [-0.05, 0) is 19.1 Å². The molecule has 1 fully saturated rings. The van der Waals surface area contributed by atoms with Gasteiger partial charge in [0.15, 0.2) is 11.2 Å². The Bertz CT molecular complexity index is 1170. The van der Waals surface area contributed by atoms with Gasteiger partial charge in [-0.1, -0.05) is 40.9 Å². The van der Waals surface area contributed by atoms with Crippen molar-refractivity contribution in [2.45, 2.75) is 6.92 Å². The molecule has 0 saturated carbocycles. The first-order valence-electron chi connectivity index (χ1n) is 8.13. The first-order valence-corrected chi connectivity index (χ1v) is 9.26. The first-order chi connectivity index (χ1) is 13.4. The number of nitrogens with one attached hydrogen (secondary N) is 3. The number of para-hydroxylation sites is 1. The molecule has 3 heterocycles. The predicted octanol–water partition coefficient (Wildman–Crippen LogP) is 3.10. The van der Waals surface area contributed by atoms with Gasteiger partial charge in [-0.25, -0.2) is 4.98 Å². The molecule has 3 aromatic rings. The third-order valence-electron chi connectivity index (χ3n) is 4.24. The summed E-state index contributed by atoms with van der Waals surface area (Å²) in [5.74, 6) is 0.639. The van der Waals surface area contributed by atoms with Gasteiger partial charge in [-0.15, -0.1) is 5.53 Å². The first kappa shape index (κ1) is 19.0. The van der Waals surface area contributed by atoms with Crippen LogP contribution in [0, 0.1) is 6.92 Å². The topological polar surface area (TPSA) is 86.6 Å². The van der Waals surface area contributed by atoms with Gasteiger partial charge < -0.3 is 4.57 Å². The molecule has 0 atom stereocenters. The lowest BCUT2D eigenvalue weighted by Gasteiger charge is -2.18. The van der Waals surface area contributed by atoms with Crippen LogP contribution in [0.2, 0.25) is 15.1 Å². The van der Waals surface area contributed by atoms with E-state index in [0.29, 0.717) is 32.9 Å². The minimum absolute atomic E-state index is 0.209. The average Bonchev–Trinajstić information content (AvgIpc) is 3.04. The predicted molar refractivity (Wildman–Crippen MR) is 111 cm³/mol. The normalized spacial score (nSPS) is 15.5. The van der Waals surface area contributed by atoms with E-state index in [2.05, 4.69) is 26.5 Å². The Labute approximate surface area is 174 Å². The fourth-order valence-electron chi connectivity index (χ4n) is 3.00. The van der Waals surface area contributed by atoms with Crippen LogP contribution in [-0.4, -0.2) is 27.6 Å². The number of hydrogen-bond donors (Lipinski definition) is 3. The minimum Gasteiger partial charge on any atom is -0.309 e. The summed E-state index contributed by atoms with van der Waals surface area (Å²) in [4.78, 5) is 21.6. The van der Waals surface area contributed by atoms with Crippen molar-refractivity contribution in [2.24, 2.45) is 4.99 Å². The third kappa shape index (κ3) is 3.09. The Morgan fingerprint density at radius 3 is 2.50 bits per heavy atom. The van der Waals surface area contributed by atoms with Crippen LogP contribution in [0.4, 0.5) is 5.82 Å². The van der Waals surface area contributed by atoms with Gasteiger partial charge in [-0.3, -0.25) is 15.2 Å². The highest BCUT2D eigenvalue weighted by molar-refractivity contribution is 6.38. The number of halogens is 3. The highest BCUT2D eigenvalue weighted by Crippen LogP contribution is 2.35. The number of fused-ring (bicyclic) bond motifs is 1. The molecule has 0 aliphatic carbocycles. The van der Waals surface area contributed by atoms with Crippen LogP contribution in [-0.2, 0) is 0 Å². The molecule has 2 aromatic heterocycles. The smallest absolute Gasteiger partial charge is 0.232 e. The summed E-state index contributed by atoms with van der Waals surface area (Å²) in [6, 6.07) is 6.66. The van der Waals surface area contributed by atoms with E-state index in [-0.39, 0.29) is 21.7 Å². The summed E-state index contributed by atoms with van der Waals surface area (Å²) < 4.78 is 1.75. The highest BCUT2D eigenvalue weighted by Gasteiger charge is 2.21. The summed E-state index contributed by atoms with van der Waals surface area (Å²) in [6.45, 7) is 1.78. The second-order valence-electron chi connectivity index (χ2n) is 6.07. The summed E-state index contributed by atoms with van der Waals surface area (Å²) >= 11 is 19.3. The number of nitrogens with zero attached hydrogens (tertiary/aromatic N) is 4. The van der Waals surface area contributed by atoms with Crippen molar-refractivity contribution < 1.29 is 0 Å². The third-order valence-corrected chi connectivity index (χ3v) is 5.12. The van der Waals surface area contributed by atoms with Crippen LogP contribution in [0.3, 0.4) is 0 Å². The summed E-state index contributed by atoms with van der Waals surface area (Å²) in [6.07, 6.45) is 1.44. The zero-order valence-corrected chi connectivity index (χ0v) is 17.0. The van der Waals surface area contributed by atoms with Crippen molar-refractivity contribution in [3.05, 3.63) is 61.4 Å². The SMILES string of the molecule is Cc1cc(=O)c2c(N=C3NNNN3C)ncc(Cl)c2n1-c1c(Cl)cccc1Cl. The maximum Gasteiger partial charge on any atom is 0.232 e. The molecule has 11 heteroatoms. The van der Waals surface area contributed by atoms with E-state index >= 15 is 0 Å². The lowest BCUT2D eigenvalue weighted by atomic mass is 10.1. The molecule has 3 N–H and O–H groups in total. The molecule has 0 amide bonds. The molecule has 1 saturated heterocycles.